The maximum Gasteiger partial charge on any atom is 0.243 e. The molecule has 0 aliphatic rings. The zero-order chi connectivity index (χ0) is 37.0. The maximum atomic E-state index is 12.6. The van der Waals surface area contributed by atoms with Crippen LogP contribution in [0.4, 0.5) is 0 Å². The Balaban J connectivity index is 1.76. The third-order valence-electron chi connectivity index (χ3n) is 9.98. The number of benzene rings is 5. The first kappa shape index (κ1) is 39.4. The quantitative estimate of drug-likeness (QED) is 0.0412. The standard InChI is InChI=1S/C47H58O4Si/c1-6-7-8-24-35-42(43(48)46(5,49)36-45(2,3)4)44(51-52(40-31-20-12-21-32-40)41-33-22-13-23-34-41)50-47(37-25-14-9-15-26-37,38-27-16-10-17-28-38)39-29-18-11-19-30-39/h9-23,25-34,42-44,48-49,52H,6-8,24,35-36H2,1-5H3/t42-,43+,44?,46?/m0/s1. The normalized spacial score (nSPS) is 15.2. The molecular weight excluding hydrogens is 657 g/mol. The Hall–Kier alpha value is -3.84. The highest BCUT2D eigenvalue weighted by Gasteiger charge is 2.48. The van der Waals surface area contributed by atoms with Gasteiger partial charge < -0.3 is 19.4 Å². The van der Waals surface area contributed by atoms with Crippen LogP contribution in [0.5, 0.6) is 0 Å². The summed E-state index contributed by atoms with van der Waals surface area (Å²) in [5.41, 5.74) is 0.155. The van der Waals surface area contributed by atoms with E-state index in [2.05, 4.69) is 113 Å². The van der Waals surface area contributed by atoms with Crippen molar-refractivity contribution in [3.63, 3.8) is 0 Å². The first-order valence-electron chi connectivity index (χ1n) is 19.1. The van der Waals surface area contributed by atoms with Gasteiger partial charge in [0.1, 0.15) is 5.60 Å². The second kappa shape index (κ2) is 18.3. The van der Waals surface area contributed by atoms with Gasteiger partial charge in [-0.1, -0.05) is 205 Å². The van der Waals surface area contributed by atoms with Crippen molar-refractivity contribution < 1.29 is 19.4 Å². The SMILES string of the molecule is CCCCCC[C@H](C(O[SiH](c1ccccc1)c1ccccc1)OC(c1ccccc1)(c1ccccc1)c1ccccc1)[C@@H](O)C(C)(O)CC(C)(C)C. The molecule has 0 heterocycles. The summed E-state index contributed by atoms with van der Waals surface area (Å²) < 4.78 is 15.3. The van der Waals surface area contributed by atoms with Gasteiger partial charge in [0.05, 0.1) is 11.7 Å². The summed E-state index contributed by atoms with van der Waals surface area (Å²) in [6.45, 7) is 10.3. The smallest absolute Gasteiger partial charge is 0.243 e. The summed E-state index contributed by atoms with van der Waals surface area (Å²) in [7, 11) is -2.44. The van der Waals surface area contributed by atoms with Gasteiger partial charge in [0, 0.05) is 5.92 Å². The molecule has 0 aliphatic carbocycles. The number of hydrogen-bond donors (Lipinski definition) is 2. The molecule has 5 aromatic rings. The van der Waals surface area contributed by atoms with Gasteiger partial charge in [-0.2, -0.15) is 0 Å². The van der Waals surface area contributed by atoms with E-state index in [0.717, 1.165) is 52.7 Å². The molecule has 0 spiro atoms. The molecule has 0 saturated carbocycles. The Kier molecular flexibility index (Phi) is 13.8. The molecule has 4 nitrogen and oxygen atoms in total. The van der Waals surface area contributed by atoms with Gasteiger partial charge >= 0.3 is 0 Å². The van der Waals surface area contributed by atoms with Gasteiger partial charge in [0.15, 0.2) is 6.29 Å². The van der Waals surface area contributed by atoms with Crippen LogP contribution in [0.15, 0.2) is 152 Å². The Morgan fingerprint density at radius 1 is 0.577 bits per heavy atom. The van der Waals surface area contributed by atoms with Crippen molar-refractivity contribution in [2.75, 3.05) is 0 Å². The highest BCUT2D eigenvalue weighted by molar-refractivity contribution is 6.80. The van der Waals surface area contributed by atoms with Crippen LogP contribution in [-0.4, -0.2) is 37.2 Å². The summed E-state index contributed by atoms with van der Waals surface area (Å²) in [6.07, 6.45) is 3.11. The fourth-order valence-corrected chi connectivity index (χ4v) is 10.1. The van der Waals surface area contributed by atoms with Gasteiger partial charge in [-0.05, 0) is 52.2 Å². The average Bonchev–Trinajstić information content (AvgIpc) is 3.16. The van der Waals surface area contributed by atoms with E-state index in [1.54, 1.807) is 6.92 Å². The third kappa shape index (κ3) is 9.97. The third-order valence-corrected chi connectivity index (χ3v) is 12.5. The van der Waals surface area contributed by atoms with E-state index in [9.17, 15) is 10.2 Å². The highest BCUT2D eigenvalue weighted by Crippen LogP contribution is 2.44. The Morgan fingerprint density at radius 3 is 1.37 bits per heavy atom. The van der Waals surface area contributed by atoms with E-state index in [0.29, 0.717) is 12.8 Å². The lowest BCUT2D eigenvalue weighted by atomic mass is 9.75. The molecule has 52 heavy (non-hydrogen) atoms. The van der Waals surface area contributed by atoms with Crippen LogP contribution < -0.4 is 10.4 Å². The lowest BCUT2D eigenvalue weighted by Gasteiger charge is -2.46. The Bertz CT molecular complexity index is 1590. The van der Waals surface area contributed by atoms with Crippen LogP contribution in [0.25, 0.3) is 0 Å². The van der Waals surface area contributed by atoms with Crippen LogP contribution in [0.1, 0.15) is 89.8 Å². The molecule has 5 rings (SSSR count). The van der Waals surface area contributed by atoms with E-state index < -0.39 is 38.6 Å². The van der Waals surface area contributed by atoms with E-state index >= 15 is 0 Å². The first-order chi connectivity index (χ1) is 25.0. The summed E-state index contributed by atoms with van der Waals surface area (Å²) in [5, 5.41) is 27.0. The van der Waals surface area contributed by atoms with E-state index in [-0.39, 0.29) is 5.41 Å². The number of ether oxygens (including phenoxy) is 1. The Morgan fingerprint density at radius 2 is 0.981 bits per heavy atom. The van der Waals surface area contributed by atoms with Crippen LogP contribution in [0.2, 0.25) is 0 Å². The van der Waals surface area contributed by atoms with Crippen molar-refractivity contribution in [3.05, 3.63) is 168 Å². The first-order valence-corrected chi connectivity index (χ1v) is 20.7. The van der Waals surface area contributed by atoms with Crippen LogP contribution >= 0.6 is 0 Å². The van der Waals surface area contributed by atoms with Crippen molar-refractivity contribution in [3.8, 4) is 0 Å². The molecule has 0 saturated heterocycles. The van der Waals surface area contributed by atoms with Crippen molar-refractivity contribution in [2.24, 2.45) is 11.3 Å². The molecule has 4 atom stereocenters. The fourth-order valence-electron chi connectivity index (χ4n) is 7.74. The number of unbranched alkanes of at least 4 members (excludes halogenated alkanes) is 3. The number of hydrogen-bond acceptors (Lipinski definition) is 4. The van der Waals surface area contributed by atoms with E-state index in [1.807, 2.05) is 66.7 Å². The van der Waals surface area contributed by atoms with Gasteiger partial charge in [-0.15, -0.1) is 0 Å². The van der Waals surface area contributed by atoms with Gasteiger partial charge in [0.2, 0.25) is 9.04 Å². The molecule has 0 aromatic heterocycles. The monoisotopic (exact) mass is 714 g/mol. The predicted octanol–water partition coefficient (Wildman–Crippen LogP) is 9.01. The molecule has 0 aliphatic heterocycles. The molecule has 5 aromatic carbocycles. The van der Waals surface area contributed by atoms with E-state index in [1.165, 1.54) is 0 Å². The van der Waals surface area contributed by atoms with Crippen molar-refractivity contribution in [2.45, 2.75) is 96.7 Å². The topological polar surface area (TPSA) is 58.9 Å². The molecule has 0 bridgehead atoms. The molecule has 5 heteroatoms. The van der Waals surface area contributed by atoms with Crippen LogP contribution in [0, 0.1) is 11.3 Å². The van der Waals surface area contributed by atoms with Gasteiger partial charge in [-0.25, -0.2) is 0 Å². The van der Waals surface area contributed by atoms with Crippen molar-refractivity contribution >= 4 is 19.4 Å². The lowest BCUT2D eigenvalue weighted by Crippen LogP contribution is -2.56. The molecule has 0 radical (unpaired) electrons. The zero-order valence-electron chi connectivity index (χ0n) is 31.7. The highest BCUT2D eigenvalue weighted by atomic mass is 28.3. The maximum absolute atomic E-state index is 12.6. The van der Waals surface area contributed by atoms with E-state index in [4.69, 9.17) is 9.16 Å². The second-order valence-corrected chi connectivity index (χ2v) is 18.0. The zero-order valence-corrected chi connectivity index (χ0v) is 32.9. The van der Waals surface area contributed by atoms with Crippen molar-refractivity contribution in [1.82, 2.24) is 0 Å². The molecule has 0 fully saturated rings. The number of aliphatic hydroxyl groups excluding tert-OH is 1. The summed E-state index contributed by atoms with van der Waals surface area (Å²) in [4.78, 5) is 0. The molecule has 2 N–H and O–H groups in total. The average molecular weight is 715 g/mol. The lowest BCUT2D eigenvalue weighted by molar-refractivity contribution is -0.216. The summed E-state index contributed by atoms with van der Waals surface area (Å²) >= 11 is 0. The van der Waals surface area contributed by atoms with Gasteiger partial charge in [-0.3, -0.25) is 0 Å². The molecule has 274 valence electrons. The molecule has 2 unspecified atom stereocenters. The van der Waals surface area contributed by atoms with Crippen LogP contribution in [-0.2, 0) is 14.8 Å². The van der Waals surface area contributed by atoms with Gasteiger partial charge in [0.25, 0.3) is 0 Å². The Labute approximate surface area is 314 Å². The summed E-state index contributed by atoms with van der Waals surface area (Å²) in [6, 6.07) is 51.9. The summed E-state index contributed by atoms with van der Waals surface area (Å²) in [5.74, 6) is -0.549. The minimum absolute atomic E-state index is 0.221. The van der Waals surface area contributed by atoms with Crippen LogP contribution in [0.3, 0.4) is 0 Å². The fraction of sp³-hybridized carbons (Fsp3) is 0.362. The number of rotatable bonds is 18. The largest absolute Gasteiger partial charge is 0.390 e. The minimum Gasteiger partial charge on any atom is -0.390 e. The number of aliphatic hydroxyl groups is 2. The molecule has 0 amide bonds. The molecular formula is C47H58O4Si. The predicted molar refractivity (Wildman–Crippen MR) is 217 cm³/mol. The second-order valence-electron chi connectivity index (χ2n) is 15.7. The minimum atomic E-state index is -2.44. The van der Waals surface area contributed by atoms with Crippen molar-refractivity contribution in [1.29, 1.82) is 0 Å².